The van der Waals surface area contributed by atoms with Crippen molar-refractivity contribution in [1.29, 1.82) is 0 Å². The zero-order valence-corrected chi connectivity index (χ0v) is 11.5. The van der Waals surface area contributed by atoms with Crippen LogP contribution in [0, 0.1) is 0 Å². The molecule has 0 rings (SSSR count). The van der Waals surface area contributed by atoms with Gasteiger partial charge in [0, 0.05) is 0 Å². The molecule has 0 aliphatic rings. The predicted molar refractivity (Wildman–Crippen MR) is 39.9 cm³/mol. The Morgan fingerprint density at radius 2 is 0.750 bits per heavy atom. The summed E-state index contributed by atoms with van der Waals surface area (Å²) in [7, 11) is -9.33. The van der Waals surface area contributed by atoms with Gasteiger partial charge in [0.1, 0.15) is 0 Å². The summed E-state index contributed by atoms with van der Waals surface area (Å²) in [6, 6.07) is 0. The maximum absolute atomic E-state index is 8.74. The Morgan fingerprint density at radius 1 is 0.750 bits per heavy atom. The Labute approximate surface area is 112 Å². The van der Waals surface area contributed by atoms with Crippen LogP contribution < -0.4 is 0 Å². The van der Waals surface area contributed by atoms with Gasteiger partial charge in [-0.2, -0.15) is 16.8 Å². The molecule has 9 nitrogen and oxygen atoms in total. The van der Waals surface area contributed by atoms with E-state index in [1.807, 2.05) is 0 Å². The molecule has 0 aromatic heterocycles. The Hall–Kier alpha value is 1.27. The summed E-state index contributed by atoms with van der Waals surface area (Å²) in [6.45, 7) is 0. The quantitative estimate of drug-likeness (QED) is 0.277. The maximum Gasteiger partial charge on any atom is 2.00 e. The van der Waals surface area contributed by atoms with E-state index in [9.17, 15) is 0 Å². The van der Waals surface area contributed by atoms with Crippen LogP contribution in [-0.4, -0.2) is 89.4 Å². The fourth-order valence-electron chi connectivity index (χ4n) is 0. The minimum Gasteiger partial charge on any atom is -1.00 e. The van der Waals surface area contributed by atoms with Gasteiger partial charge in [0.15, 0.2) is 0 Å². The molecule has 0 saturated heterocycles. The molecule has 0 bridgehead atoms. The topological polar surface area (TPSA) is 181 Å². The van der Waals surface area contributed by atoms with Crippen molar-refractivity contribution < 1.29 is 43.4 Å². The monoisotopic (exact) mass is 354 g/mol. The molecular weight excluding hydrogens is 345 g/mol. The van der Waals surface area contributed by atoms with Crippen molar-refractivity contribution in [2.75, 3.05) is 0 Å². The third-order valence-electron chi connectivity index (χ3n) is 0. The van der Waals surface area contributed by atoms with E-state index in [4.69, 9.17) is 35.0 Å². The summed E-state index contributed by atoms with van der Waals surface area (Å²) in [5.41, 5.74) is 0. The Balaban J connectivity index is -0.0000000178. The van der Waals surface area contributed by atoms with Gasteiger partial charge < -0.3 is 8.33 Å². The zero-order chi connectivity index (χ0) is 9.00. The summed E-state index contributed by atoms with van der Waals surface area (Å²) in [6.07, 6.45) is 0. The van der Waals surface area contributed by atoms with Crippen LogP contribution in [0.25, 0.3) is 0 Å². The van der Waals surface area contributed by atoms with E-state index >= 15 is 0 Å². The molecule has 76 valence electrons. The van der Waals surface area contributed by atoms with Crippen LogP contribution in [0.5, 0.6) is 0 Å². The first-order valence-electron chi connectivity index (χ1n) is 1.40. The third kappa shape index (κ3) is 736. The molecule has 0 unspecified atom stereocenters. The average molecular weight is 354 g/mol. The second kappa shape index (κ2) is 8.85. The summed E-state index contributed by atoms with van der Waals surface area (Å²) in [4.78, 5) is 0. The van der Waals surface area contributed by atoms with Crippen molar-refractivity contribution in [2.24, 2.45) is 0 Å². The van der Waals surface area contributed by atoms with Crippen molar-refractivity contribution in [3.63, 3.8) is 0 Å². The van der Waals surface area contributed by atoms with Crippen LogP contribution in [0.2, 0.25) is 0 Å². The van der Waals surface area contributed by atoms with Crippen LogP contribution in [0.15, 0.2) is 0 Å². The van der Waals surface area contributed by atoms with Gasteiger partial charge in [-0.05, 0) is 0 Å². The van der Waals surface area contributed by atoms with Crippen molar-refractivity contribution >= 4 is 69.7 Å². The van der Waals surface area contributed by atoms with E-state index in [0.29, 0.717) is 0 Å². The molecule has 12 heavy (non-hydrogen) atoms. The Kier molecular flexibility index (Phi) is 17.1. The normalized spacial score (nSPS) is 9.67. The predicted octanol–water partition coefficient (Wildman–Crippen LogP) is -2.29. The molecule has 0 aliphatic heterocycles. The largest absolute Gasteiger partial charge is 2.00 e. The van der Waals surface area contributed by atoms with Crippen LogP contribution in [0.3, 0.4) is 0 Å². The summed E-state index contributed by atoms with van der Waals surface area (Å²) >= 11 is 0. The standard InChI is InChI=1S/Ba.2H2O4S.H2O.2H/c;2*1-5(2,3)4;;;/h;2*(H2,1,2,3,4);1H2;;/q+2;;;;2*-1. The van der Waals surface area contributed by atoms with E-state index in [1.165, 1.54) is 0 Å². The van der Waals surface area contributed by atoms with Crippen LogP contribution >= 0.6 is 0 Å². The molecule has 6 N–H and O–H groups in total. The van der Waals surface area contributed by atoms with Crippen molar-refractivity contribution in [2.45, 2.75) is 0 Å². The van der Waals surface area contributed by atoms with Gasteiger partial charge in [-0.15, -0.1) is 0 Å². The smallest absolute Gasteiger partial charge is 1.00 e. The van der Waals surface area contributed by atoms with E-state index in [-0.39, 0.29) is 57.2 Å². The molecule has 0 amide bonds. The van der Waals surface area contributed by atoms with Gasteiger partial charge >= 0.3 is 69.7 Å². The first kappa shape index (κ1) is 23.2. The van der Waals surface area contributed by atoms with E-state index < -0.39 is 20.8 Å². The van der Waals surface area contributed by atoms with Crippen molar-refractivity contribution in [1.82, 2.24) is 0 Å². The van der Waals surface area contributed by atoms with Gasteiger partial charge in [-0.3, -0.25) is 18.2 Å². The van der Waals surface area contributed by atoms with Crippen LogP contribution in [0.1, 0.15) is 2.85 Å². The summed E-state index contributed by atoms with van der Waals surface area (Å²) in [5, 5.41) is 0. The number of hydrogen-bond acceptors (Lipinski definition) is 4. The van der Waals surface area contributed by atoms with Crippen LogP contribution in [-0.2, 0) is 20.8 Å². The molecule has 0 atom stereocenters. The second-order valence-corrected chi connectivity index (χ2v) is 2.69. The first-order chi connectivity index (χ1) is 4.00. The van der Waals surface area contributed by atoms with Gasteiger partial charge in [-0.1, -0.05) is 0 Å². The van der Waals surface area contributed by atoms with Gasteiger partial charge in [0.25, 0.3) is 0 Å². The Morgan fingerprint density at radius 3 is 0.750 bits per heavy atom. The fourth-order valence-corrected chi connectivity index (χ4v) is 0. The molecule has 0 spiro atoms. The summed E-state index contributed by atoms with van der Waals surface area (Å²) in [5.74, 6) is 0. The zero-order valence-electron chi connectivity index (χ0n) is 7.45. The molecule has 0 aliphatic carbocycles. The van der Waals surface area contributed by atoms with E-state index in [0.717, 1.165) is 0 Å². The molecule has 0 radical (unpaired) electrons. The minimum absolute atomic E-state index is 0. The SMILES string of the molecule is O.O=S(=O)(O)O.O=S(=O)(O)O.[Ba+2].[H-].[H-]. The maximum atomic E-state index is 8.74. The average Bonchev–Trinajstić information content (AvgIpc) is 1.12. The number of rotatable bonds is 0. The second-order valence-electron chi connectivity index (χ2n) is 0.896. The molecule has 0 aromatic rings. The van der Waals surface area contributed by atoms with Gasteiger partial charge in [0.05, 0.1) is 0 Å². The van der Waals surface area contributed by atoms with Crippen molar-refractivity contribution in [3.05, 3.63) is 0 Å². The Bertz CT molecular complexity index is 217. The van der Waals surface area contributed by atoms with Gasteiger partial charge in [0.2, 0.25) is 0 Å². The molecule has 0 fully saturated rings. The molecule has 0 saturated carbocycles. The van der Waals surface area contributed by atoms with E-state index in [2.05, 4.69) is 0 Å². The number of hydrogen-bond donors (Lipinski definition) is 4. The fraction of sp³-hybridized carbons (Fsp3) is 0. The molecule has 0 heterocycles. The van der Waals surface area contributed by atoms with Gasteiger partial charge in [-0.25, -0.2) is 0 Å². The molecule has 12 heteroatoms. The first-order valence-corrected chi connectivity index (χ1v) is 4.19. The molecular formula is H8BaO9S2. The van der Waals surface area contributed by atoms with E-state index in [1.54, 1.807) is 0 Å². The third-order valence-corrected chi connectivity index (χ3v) is 0. The minimum atomic E-state index is -4.67. The van der Waals surface area contributed by atoms with Crippen molar-refractivity contribution in [3.8, 4) is 0 Å². The summed E-state index contributed by atoms with van der Waals surface area (Å²) < 4.78 is 63.2. The molecule has 0 aromatic carbocycles. The van der Waals surface area contributed by atoms with Crippen LogP contribution in [0.4, 0.5) is 0 Å².